The zero-order valence-electron chi connectivity index (χ0n) is 15.1. The summed E-state index contributed by atoms with van der Waals surface area (Å²) >= 11 is 0. The fraction of sp³-hybridized carbons (Fsp3) is 0.316. The number of fused-ring (bicyclic) bond motifs is 1. The maximum absolute atomic E-state index is 13.2. The lowest BCUT2D eigenvalue weighted by Crippen LogP contribution is -2.30. The molecule has 144 valence electrons. The summed E-state index contributed by atoms with van der Waals surface area (Å²) in [6.45, 7) is 1.25. The van der Waals surface area contributed by atoms with E-state index in [0.717, 1.165) is 5.56 Å². The van der Waals surface area contributed by atoms with Crippen molar-refractivity contribution in [3.63, 3.8) is 0 Å². The van der Waals surface area contributed by atoms with Crippen molar-refractivity contribution < 1.29 is 17.9 Å². The van der Waals surface area contributed by atoms with Gasteiger partial charge in [0, 0.05) is 13.1 Å². The van der Waals surface area contributed by atoms with E-state index in [0.29, 0.717) is 43.9 Å². The van der Waals surface area contributed by atoms with Crippen LogP contribution < -0.4 is 20.1 Å². The summed E-state index contributed by atoms with van der Waals surface area (Å²) in [6, 6.07) is 11.8. The summed E-state index contributed by atoms with van der Waals surface area (Å²) in [6.07, 6.45) is 1.30. The fourth-order valence-corrected chi connectivity index (χ4v) is 4.64. The molecule has 3 N–H and O–H groups in total. The van der Waals surface area contributed by atoms with Gasteiger partial charge in [-0.2, -0.15) is 0 Å². The van der Waals surface area contributed by atoms with Crippen LogP contribution in [0.3, 0.4) is 0 Å². The second kappa shape index (κ2) is 7.98. The Hall–Kier alpha value is -2.58. The molecule has 7 nitrogen and oxygen atoms in total. The van der Waals surface area contributed by atoms with E-state index < -0.39 is 10.0 Å². The lowest BCUT2D eigenvalue weighted by Gasteiger charge is -2.20. The van der Waals surface area contributed by atoms with Crippen molar-refractivity contribution in [3.05, 3.63) is 53.6 Å². The Labute approximate surface area is 159 Å². The fourth-order valence-electron chi connectivity index (χ4n) is 3.11. The topological polar surface area (TPSA) is 102 Å². The van der Waals surface area contributed by atoms with E-state index in [1.165, 1.54) is 29.6 Å². The second-order valence-corrected chi connectivity index (χ2v) is 8.08. The van der Waals surface area contributed by atoms with Crippen LogP contribution in [0.5, 0.6) is 5.75 Å². The summed E-state index contributed by atoms with van der Waals surface area (Å²) in [7, 11) is -2.34. The highest BCUT2D eigenvalue weighted by molar-refractivity contribution is 7.92. The second-order valence-electron chi connectivity index (χ2n) is 6.22. The molecule has 1 amide bonds. The number of methoxy groups -OCH3 is 1. The first-order chi connectivity index (χ1) is 13.0. The molecule has 0 spiro atoms. The molecule has 0 bridgehead atoms. The van der Waals surface area contributed by atoms with Gasteiger partial charge in [0.1, 0.15) is 5.75 Å². The predicted molar refractivity (Wildman–Crippen MR) is 104 cm³/mol. The van der Waals surface area contributed by atoms with Crippen LogP contribution >= 0.6 is 0 Å². The number of nitrogens with zero attached hydrogens (tertiary/aromatic N) is 1. The molecule has 3 rings (SSSR count). The van der Waals surface area contributed by atoms with Crippen LogP contribution in [0, 0.1) is 0 Å². The van der Waals surface area contributed by atoms with E-state index in [1.807, 2.05) is 18.2 Å². The van der Waals surface area contributed by atoms with Gasteiger partial charge in [0.2, 0.25) is 0 Å². The number of hydrogen-bond acceptors (Lipinski definition) is 5. The first kappa shape index (κ1) is 19.2. The van der Waals surface area contributed by atoms with E-state index in [9.17, 15) is 13.2 Å². The van der Waals surface area contributed by atoms with Crippen LogP contribution in [0.1, 0.15) is 22.3 Å². The van der Waals surface area contributed by atoms with Crippen molar-refractivity contribution in [1.29, 1.82) is 0 Å². The van der Waals surface area contributed by atoms with Crippen LogP contribution in [0.15, 0.2) is 47.4 Å². The van der Waals surface area contributed by atoms with E-state index in [4.69, 9.17) is 10.5 Å². The molecule has 1 aliphatic heterocycles. The number of ether oxygens (including phenoxy) is 1. The van der Waals surface area contributed by atoms with Crippen molar-refractivity contribution in [3.8, 4) is 5.75 Å². The molecule has 0 atom stereocenters. The van der Waals surface area contributed by atoms with Crippen LogP contribution in [0.2, 0.25) is 0 Å². The van der Waals surface area contributed by atoms with Gasteiger partial charge in [0.25, 0.3) is 15.9 Å². The SMILES string of the molecule is COc1ccc(S(=O)(=O)N2CCc3ccccc32)cc1C(=O)NCCCN. The third-order valence-electron chi connectivity index (χ3n) is 4.51. The molecular formula is C19H23N3O4S. The van der Waals surface area contributed by atoms with Gasteiger partial charge in [-0.1, -0.05) is 18.2 Å². The van der Waals surface area contributed by atoms with Gasteiger partial charge >= 0.3 is 0 Å². The maximum atomic E-state index is 13.2. The number of nitrogens with two attached hydrogens (primary N) is 1. The molecular weight excluding hydrogens is 366 g/mol. The first-order valence-electron chi connectivity index (χ1n) is 8.76. The minimum absolute atomic E-state index is 0.0592. The molecule has 0 saturated heterocycles. The van der Waals surface area contributed by atoms with Crippen LogP contribution in [0.4, 0.5) is 5.69 Å². The minimum atomic E-state index is -3.78. The van der Waals surface area contributed by atoms with E-state index in [2.05, 4.69) is 5.32 Å². The summed E-state index contributed by atoms with van der Waals surface area (Å²) in [5.41, 5.74) is 7.30. The number of para-hydroxylation sites is 1. The summed E-state index contributed by atoms with van der Waals surface area (Å²) in [5.74, 6) is -0.0693. The zero-order valence-corrected chi connectivity index (χ0v) is 16.0. The highest BCUT2D eigenvalue weighted by atomic mass is 32.2. The van der Waals surface area contributed by atoms with Crippen molar-refractivity contribution in [1.82, 2.24) is 5.32 Å². The van der Waals surface area contributed by atoms with Crippen LogP contribution in [-0.2, 0) is 16.4 Å². The molecule has 0 aromatic heterocycles. The largest absolute Gasteiger partial charge is 0.496 e. The third kappa shape index (κ3) is 3.77. The van der Waals surface area contributed by atoms with Crippen LogP contribution in [0.25, 0.3) is 0 Å². The van der Waals surface area contributed by atoms with Crippen molar-refractivity contribution in [2.75, 3.05) is 31.0 Å². The average Bonchev–Trinajstić information content (AvgIpc) is 3.12. The Morgan fingerprint density at radius 2 is 2.04 bits per heavy atom. The molecule has 2 aromatic carbocycles. The minimum Gasteiger partial charge on any atom is -0.496 e. The molecule has 8 heteroatoms. The number of benzene rings is 2. The number of hydrogen-bond donors (Lipinski definition) is 2. The molecule has 0 saturated carbocycles. The number of rotatable bonds is 7. The Bertz CT molecular complexity index is 944. The predicted octanol–water partition coefficient (Wildman–Crippen LogP) is 1.53. The lowest BCUT2D eigenvalue weighted by atomic mass is 10.2. The van der Waals surface area contributed by atoms with E-state index >= 15 is 0 Å². The number of sulfonamides is 1. The Morgan fingerprint density at radius 1 is 1.26 bits per heavy atom. The number of carbonyl (C=O) groups is 1. The van der Waals surface area contributed by atoms with Gasteiger partial charge in [0.05, 0.1) is 23.3 Å². The summed E-state index contributed by atoms with van der Waals surface area (Å²) in [4.78, 5) is 12.5. The lowest BCUT2D eigenvalue weighted by molar-refractivity contribution is 0.0950. The van der Waals surface area contributed by atoms with Gasteiger partial charge < -0.3 is 15.8 Å². The Balaban J connectivity index is 1.95. The molecule has 0 unspecified atom stereocenters. The highest BCUT2D eigenvalue weighted by Crippen LogP contribution is 2.33. The van der Waals surface area contributed by atoms with Crippen molar-refractivity contribution in [2.45, 2.75) is 17.7 Å². The van der Waals surface area contributed by atoms with Gasteiger partial charge in [-0.25, -0.2) is 8.42 Å². The molecule has 0 fully saturated rings. The average molecular weight is 389 g/mol. The molecule has 1 aliphatic rings. The van der Waals surface area contributed by atoms with E-state index in [1.54, 1.807) is 6.07 Å². The Kier molecular flexibility index (Phi) is 5.67. The summed E-state index contributed by atoms with van der Waals surface area (Å²) in [5, 5.41) is 2.73. The first-order valence-corrected chi connectivity index (χ1v) is 10.2. The summed E-state index contributed by atoms with van der Waals surface area (Å²) < 4.78 is 33.0. The monoisotopic (exact) mass is 389 g/mol. The van der Waals surface area contributed by atoms with Crippen molar-refractivity contribution >= 4 is 21.6 Å². The normalized spacial score (nSPS) is 13.3. The van der Waals surface area contributed by atoms with Crippen molar-refractivity contribution in [2.24, 2.45) is 5.73 Å². The number of anilines is 1. The Morgan fingerprint density at radius 3 is 2.78 bits per heavy atom. The molecule has 2 aromatic rings. The van der Waals surface area contributed by atoms with Crippen LogP contribution in [-0.4, -0.2) is 41.1 Å². The van der Waals surface area contributed by atoms with Gasteiger partial charge in [-0.05, 0) is 49.2 Å². The number of amides is 1. The quantitative estimate of drug-likeness (QED) is 0.699. The molecule has 27 heavy (non-hydrogen) atoms. The smallest absolute Gasteiger partial charge is 0.264 e. The molecule has 1 heterocycles. The highest BCUT2D eigenvalue weighted by Gasteiger charge is 2.31. The van der Waals surface area contributed by atoms with Gasteiger partial charge in [-0.15, -0.1) is 0 Å². The molecule has 0 radical (unpaired) electrons. The van der Waals surface area contributed by atoms with E-state index in [-0.39, 0.29) is 16.4 Å². The standard InChI is InChI=1S/C19H23N3O4S/c1-26-18-8-7-15(13-16(18)19(23)21-11-4-10-20)27(24,25)22-12-9-14-5-2-3-6-17(14)22/h2-3,5-8,13H,4,9-12,20H2,1H3,(H,21,23). The third-order valence-corrected chi connectivity index (χ3v) is 6.32. The number of nitrogens with one attached hydrogen (secondary N) is 1. The maximum Gasteiger partial charge on any atom is 0.264 e. The zero-order chi connectivity index (χ0) is 19.4. The van der Waals surface area contributed by atoms with Gasteiger partial charge in [-0.3, -0.25) is 9.10 Å². The van der Waals surface area contributed by atoms with Gasteiger partial charge in [0.15, 0.2) is 0 Å². The number of carbonyl (C=O) groups excluding carboxylic acids is 1. The molecule has 0 aliphatic carbocycles.